The maximum absolute atomic E-state index is 12.9. The molecule has 100 heavy (non-hydrogen) atoms. The van der Waals surface area contributed by atoms with E-state index in [0.717, 1.165) is 111 Å². The van der Waals surface area contributed by atoms with Crippen LogP contribution in [-0.4, -0.2) is 53.0 Å². The Hall–Kier alpha value is -5.79. The molecule has 546 valence electrons. The number of ketones is 2. The minimum absolute atomic E-state index is 0. The van der Waals surface area contributed by atoms with Crippen molar-refractivity contribution in [2.75, 3.05) is 24.6 Å². The molecule has 0 aromatic heterocycles. The number of hydrogen-bond donors (Lipinski definition) is 0. The lowest BCUT2D eigenvalue weighted by Gasteiger charge is -2.56. The minimum Gasteiger partial charge on any atom is -1.00 e. The molecule has 7 nitrogen and oxygen atoms in total. The molecule has 8 aliphatic carbocycles. The predicted octanol–water partition coefficient (Wildman–Crippen LogP) is 15.3. The number of halogens is 20. The Bertz CT molecular complexity index is 3140. The molecule has 0 N–H and O–H groups in total. The number of Topliss-reactive ketones (excluding diaryl/α,β-unsaturated/α-hetero) is 2. The van der Waals surface area contributed by atoms with Crippen LogP contribution in [0.25, 0.3) is 0 Å². The monoisotopic (exact) mass is 1640 g/mol. The normalized spacial score (nSPS) is 22.7. The van der Waals surface area contributed by atoms with Crippen LogP contribution in [0.15, 0.2) is 175 Å². The second kappa shape index (κ2) is 33.3. The van der Waals surface area contributed by atoms with Crippen LogP contribution in [0.1, 0.15) is 118 Å². The van der Waals surface area contributed by atoms with Gasteiger partial charge in [0.15, 0.2) is 29.4 Å². The van der Waals surface area contributed by atoms with Crippen molar-refractivity contribution < 1.29 is 125 Å². The van der Waals surface area contributed by atoms with Gasteiger partial charge in [-0.3, -0.25) is 9.59 Å². The zero-order valence-electron chi connectivity index (χ0n) is 53.8. The first kappa shape index (κ1) is 83.2. The molecule has 4 atom stereocenters. The maximum atomic E-state index is 12.9. The van der Waals surface area contributed by atoms with Crippen molar-refractivity contribution in [1.82, 2.24) is 4.90 Å². The van der Waals surface area contributed by atoms with Crippen LogP contribution in [0.4, 0.5) is 79.0 Å². The summed E-state index contributed by atoms with van der Waals surface area (Å²) >= 11 is 2.15. The molecule has 0 heterocycles. The molecule has 4 unspecified atom stereocenters. The third-order valence-electron chi connectivity index (χ3n) is 18.7. The Morgan fingerprint density at radius 2 is 0.520 bits per heavy atom. The van der Waals surface area contributed by atoms with Gasteiger partial charge in [0.1, 0.15) is 11.6 Å². The summed E-state index contributed by atoms with van der Waals surface area (Å²) in [7, 11) is -2.44. The summed E-state index contributed by atoms with van der Waals surface area (Å²) in [5, 5.41) is 22.3. The van der Waals surface area contributed by atoms with E-state index in [-0.39, 0.29) is 40.7 Å². The van der Waals surface area contributed by atoms with Gasteiger partial charge in [0, 0.05) is 46.4 Å². The molecule has 14 rings (SSSR count). The number of benzene rings is 6. The highest BCUT2D eigenvalue weighted by atomic mass is 127. The average molecular weight is 1640 g/mol. The molecule has 8 fully saturated rings. The Morgan fingerprint density at radius 1 is 0.360 bits per heavy atom. The number of rotatable bonds is 11. The van der Waals surface area contributed by atoms with Crippen molar-refractivity contribution in [2.24, 2.45) is 46.3 Å². The molecule has 0 amide bonds. The molecule has 0 radical (unpaired) electrons. The largest absolute Gasteiger partial charge is 1.00 e. The summed E-state index contributed by atoms with van der Waals surface area (Å²) in [6, 6.07) is 23.9. The van der Waals surface area contributed by atoms with E-state index >= 15 is 0 Å². The van der Waals surface area contributed by atoms with Crippen LogP contribution in [0.2, 0.25) is 0 Å². The van der Waals surface area contributed by atoms with Gasteiger partial charge in [-0.1, -0.05) is 43.4 Å². The highest BCUT2D eigenvalue weighted by Gasteiger charge is 2.57. The van der Waals surface area contributed by atoms with E-state index in [2.05, 4.69) is 48.3 Å². The number of nitrogens with zero attached hydrogens (tertiary/aromatic N) is 1. The fourth-order valence-corrected chi connectivity index (χ4v) is 18.2. The lowest BCUT2D eigenvalue weighted by Crippen LogP contribution is -3.00. The number of alkyl halides is 19. The standard InChI is InChI=1S/2C21H12F9S.2C11H14O3.C6H15N.CH3I.BrH/c2*22-19(23,24)13-1-7-16(8-2-13)31(17-9-3-14(4-10-17)20(25,26)27)18-11-5-15(6-12-18)21(28,29)30;2*12-9-7-1-6-2-8(9)5-11(3-6,4-7)10(13)14;1-4-7(5-2)6-3;1-2;/h2*1-12H;2*6-8H,1-5H2,(H,13,14);4-6H2,1-3H3;1H3;1H/q2*+1;;;;;/p-3. The van der Waals surface area contributed by atoms with E-state index in [4.69, 9.17) is 0 Å². The highest BCUT2D eigenvalue weighted by Crippen LogP contribution is 2.60. The molecule has 0 saturated heterocycles. The molecule has 6 aromatic rings. The van der Waals surface area contributed by atoms with Crippen molar-refractivity contribution in [2.45, 2.75) is 151 Å². The summed E-state index contributed by atoms with van der Waals surface area (Å²) in [5.74, 6) is -0.0488. The SMILES string of the molecule is CCN(CC)CC.CI.FC(F)(F)c1ccc([S+](c2ccc(C(F)(F)F)cc2)c2ccc(C(F)(F)F)cc2)cc1.FC(F)(F)c1ccc([S+](c2ccc(C(F)(F)F)cc2)c2ccc(C(F)(F)F)cc2)cc1.O=C1C2CC3CC1CC(C(=O)[O-])(C3)C2.O=C1C2CC3CC1CC(C(=O)[O-])(C3)C2.[Br-]. The molecule has 0 spiro atoms. The first-order chi connectivity index (χ1) is 46.1. The lowest BCUT2D eigenvalue weighted by atomic mass is 9.49. The topological polar surface area (TPSA) is 118 Å². The van der Waals surface area contributed by atoms with Gasteiger partial charge in [-0.15, -0.1) is 0 Å². The Labute approximate surface area is 595 Å². The van der Waals surface area contributed by atoms with Gasteiger partial charge in [-0.25, -0.2) is 0 Å². The molecular formula is C71H68BrF18INO6S2-. The van der Waals surface area contributed by atoms with Gasteiger partial charge in [-0.2, -0.15) is 79.0 Å². The van der Waals surface area contributed by atoms with Gasteiger partial charge < -0.3 is 41.7 Å². The number of carboxylic acids is 2. The Balaban J connectivity index is 0.000000211. The number of hydrogen-bond acceptors (Lipinski definition) is 7. The zero-order valence-corrected chi connectivity index (χ0v) is 59.2. The molecular weight excluding hydrogens is 1580 g/mol. The van der Waals surface area contributed by atoms with Crippen molar-refractivity contribution in [3.05, 3.63) is 179 Å². The number of carbonyl (C=O) groups is 4. The molecule has 0 aliphatic heterocycles. The van der Waals surface area contributed by atoms with E-state index in [1.165, 1.54) is 92.4 Å². The van der Waals surface area contributed by atoms with Gasteiger partial charge in [0.25, 0.3) is 0 Å². The fourth-order valence-electron chi connectivity index (χ4n) is 14.2. The lowest BCUT2D eigenvalue weighted by molar-refractivity contribution is -0.326. The first-order valence-corrected chi connectivity index (χ1v) is 35.8. The van der Waals surface area contributed by atoms with Crippen LogP contribution >= 0.6 is 22.6 Å². The van der Waals surface area contributed by atoms with E-state index in [1.54, 1.807) is 0 Å². The van der Waals surface area contributed by atoms with Crippen LogP contribution in [-0.2, 0) is 78.0 Å². The number of aliphatic carboxylic acids is 2. The van der Waals surface area contributed by atoms with Gasteiger partial charge in [0.05, 0.1) is 55.2 Å². The Kier molecular flexibility index (Phi) is 27.7. The number of carbonyl (C=O) groups excluding carboxylic acids is 4. The van der Waals surface area contributed by atoms with Crippen LogP contribution < -0.4 is 27.2 Å². The van der Waals surface area contributed by atoms with E-state index in [9.17, 15) is 108 Å². The predicted molar refractivity (Wildman–Crippen MR) is 338 cm³/mol. The van der Waals surface area contributed by atoms with Crippen LogP contribution in [0.5, 0.6) is 0 Å². The van der Waals surface area contributed by atoms with Crippen molar-refractivity contribution in [3.8, 4) is 0 Å². The summed E-state index contributed by atoms with van der Waals surface area (Å²) in [4.78, 5) is 51.9. The quantitative estimate of drug-likeness (QED) is 0.0549. The molecule has 8 aliphatic rings. The van der Waals surface area contributed by atoms with Crippen molar-refractivity contribution >= 4 is 67.9 Å². The fraction of sp³-hybridized carbons (Fsp3) is 0.437. The summed E-state index contributed by atoms with van der Waals surface area (Å²) in [6.45, 7) is 10.1. The smallest absolute Gasteiger partial charge is 0.416 e. The Morgan fingerprint density at radius 3 is 0.640 bits per heavy atom. The van der Waals surface area contributed by atoms with Gasteiger partial charge in [0.2, 0.25) is 0 Å². The van der Waals surface area contributed by atoms with E-state index in [0.29, 0.717) is 78.5 Å². The molecule has 8 saturated carbocycles. The zero-order chi connectivity index (χ0) is 73.6. The number of carboxylic acid groups (broad SMARTS) is 2. The van der Waals surface area contributed by atoms with Crippen LogP contribution in [0, 0.1) is 46.3 Å². The average Bonchev–Trinajstić information content (AvgIpc) is 0.737. The van der Waals surface area contributed by atoms with Gasteiger partial charge >= 0.3 is 37.1 Å². The first-order valence-electron chi connectivity index (χ1n) is 31.2. The molecule has 6 aromatic carbocycles. The second-order valence-electron chi connectivity index (χ2n) is 25.0. The van der Waals surface area contributed by atoms with E-state index < -0.39 is 115 Å². The van der Waals surface area contributed by atoms with E-state index in [1.807, 2.05) is 4.93 Å². The highest BCUT2D eigenvalue weighted by molar-refractivity contribution is 14.1. The maximum Gasteiger partial charge on any atom is 0.416 e. The third-order valence-corrected chi connectivity index (χ3v) is 23.2. The summed E-state index contributed by atoms with van der Waals surface area (Å²) < 4.78 is 232. The summed E-state index contributed by atoms with van der Waals surface area (Å²) in [6.07, 6.45) is -20.0. The molecule has 8 bridgehead atoms. The van der Waals surface area contributed by atoms with Crippen molar-refractivity contribution in [1.29, 1.82) is 0 Å². The molecule has 29 heteroatoms. The third kappa shape index (κ3) is 20.3. The van der Waals surface area contributed by atoms with Gasteiger partial charge in [-0.05, 0) is 246 Å². The minimum atomic E-state index is -4.58. The second-order valence-corrected chi connectivity index (χ2v) is 29.0. The summed E-state index contributed by atoms with van der Waals surface area (Å²) in [5.41, 5.74) is -6.77. The van der Waals surface area contributed by atoms with Crippen LogP contribution in [0.3, 0.4) is 0 Å². The van der Waals surface area contributed by atoms with Crippen molar-refractivity contribution in [3.63, 3.8) is 0 Å².